The lowest BCUT2D eigenvalue weighted by molar-refractivity contribution is -0.902. The molecule has 0 saturated carbocycles. The standard InChI is InChI=1S/C18H32N.ClH/c1-5-6-7-8-9-13-16-18(19(2,3)4)17-14-11-10-12-15-17;/h10-12,14-15,18H,5-9,13,16H2,1-4H3;1H/q+1;/p-1. The van der Waals surface area contributed by atoms with E-state index in [1.807, 2.05) is 0 Å². The van der Waals surface area contributed by atoms with Gasteiger partial charge in [-0.15, -0.1) is 0 Å². The molecule has 0 heterocycles. The minimum atomic E-state index is 0. The molecule has 0 aliphatic carbocycles. The molecular formula is C18H32ClN. The van der Waals surface area contributed by atoms with Crippen molar-refractivity contribution >= 4 is 0 Å². The van der Waals surface area contributed by atoms with Gasteiger partial charge in [-0.1, -0.05) is 69.4 Å². The van der Waals surface area contributed by atoms with Crippen LogP contribution in [0.5, 0.6) is 0 Å². The lowest BCUT2D eigenvalue weighted by atomic mass is 9.97. The molecule has 0 N–H and O–H groups in total. The predicted molar refractivity (Wildman–Crippen MR) is 85.2 cm³/mol. The molecule has 0 spiro atoms. The van der Waals surface area contributed by atoms with Crippen molar-refractivity contribution in [3.05, 3.63) is 35.9 Å². The number of nitrogens with zero attached hydrogens (tertiary/aromatic N) is 1. The highest BCUT2D eigenvalue weighted by Gasteiger charge is 2.24. The van der Waals surface area contributed by atoms with Crippen molar-refractivity contribution in [2.24, 2.45) is 0 Å². The van der Waals surface area contributed by atoms with Gasteiger partial charge in [0.2, 0.25) is 0 Å². The monoisotopic (exact) mass is 297 g/mol. The number of quaternary nitrogens is 1. The van der Waals surface area contributed by atoms with Gasteiger partial charge in [0.15, 0.2) is 0 Å². The Hall–Kier alpha value is -0.530. The maximum Gasteiger partial charge on any atom is 0.114 e. The average Bonchev–Trinajstić information content (AvgIpc) is 2.37. The molecule has 0 amide bonds. The fourth-order valence-electron chi connectivity index (χ4n) is 2.79. The molecule has 1 nitrogen and oxygen atoms in total. The molecule has 0 radical (unpaired) electrons. The minimum Gasteiger partial charge on any atom is -1.00 e. The second-order valence-electron chi connectivity index (χ2n) is 6.60. The Balaban J connectivity index is 0.00000361. The third kappa shape index (κ3) is 7.31. The summed E-state index contributed by atoms with van der Waals surface area (Å²) in [6, 6.07) is 11.6. The van der Waals surface area contributed by atoms with Crippen LogP contribution in [-0.2, 0) is 0 Å². The topological polar surface area (TPSA) is 0 Å². The van der Waals surface area contributed by atoms with Gasteiger partial charge in [-0.2, -0.15) is 0 Å². The molecule has 1 aromatic carbocycles. The highest BCUT2D eigenvalue weighted by molar-refractivity contribution is 5.17. The van der Waals surface area contributed by atoms with Crippen LogP contribution in [0.3, 0.4) is 0 Å². The van der Waals surface area contributed by atoms with E-state index in [2.05, 4.69) is 58.4 Å². The second kappa shape index (κ2) is 10.2. The van der Waals surface area contributed by atoms with Crippen molar-refractivity contribution in [1.82, 2.24) is 0 Å². The minimum absolute atomic E-state index is 0. The molecule has 0 aromatic heterocycles. The van der Waals surface area contributed by atoms with E-state index in [0.717, 1.165) is 4.48 Å². The van der Waals surface area contributed by atoms with Gasteiger partial charge in [-0.3, -0.25) is 0 Å². The van der Waals surface area contributed by atoms with Gasteiger partial charge in [0.1, 0.15) is 6.04 Å². The summed E-state index contributed by atoms with van der Waals surface area (Å²) in [5.41, 5.74) is 1.49. The van der Waals surface area contributed by atoms with Gasteiger partial charge in [0.25, 0.3) is 0 Å². The zero-order valence-corrected chi connectivity index (χ0v) is 14.5. The summed E-state index contributed by atoms with van der Waals surface area (Å²) in [7, 11) is 6.94. The molecule has 1 aromatic rings. The molecule has 1 unspecified atom stereocenters. The smallest absolute Gasteiger partial charge is 0.114 e. The second-order valence-corrected chi connectivity index (χ2v) is 6.60. The molecule has 0 saturated heterocycles. The summed E-state index contributed by atoms with van der Waals surface area (Å²) in [4.78, 5) is 0. The van der Waals surface area contributed by atoms with Crippen LogP contribution >= 0.6 is 0 Å². The van der Waals surface area contributed by atoms with E-state index in [-0.39, 0.29) is 12.4 Å². The molecule has 116 valence electrons. The Kier molecular flexibility index (Phi) is 9.96. The van der Waals surface area contributed by atoms with Crippen molar-refractivity contribution in [2.75, 3.05) is 21.1 Å². The van der Waals surface area contributed by atoms with Gasteiger partial charge in [-0.05, 0) is 6.42 Å². The van der Waals surface area contributed by atoms with Crippen LogP contribution in [0.15, 0.2) is 30.3 Å². The van der Waals surface area contributed by atoms with Crippen molar-refractivity contribution in [3.8, 4) is 0 Å². The van der Waals surface area contributed by atoms with E-state index in [1.54, 1.807) is 0 Å². The number of hydrogen-bond acceptors (Lipinski definition) is 0. The van der Waals surface area contributed by atoms with Crippen LogP contribution in [0, 0.1) is 0 Å². The average molecular weight is 298 g/mol. The highest BCUT2D eigenvalue weighted by Crippen LogP contribution is 2.28. The quantitative estimate of drug-likeness (QED) is 0.484. The van der Waals surface area contributed by atoms with E-state index in [4.69, 9.17) is 0 Å². The first-order valence-electron chi connectivity index (χ1n) is 7.91. The number of rotatable bonds is 9. The van der Waals surface area contributed by atoms with E-state index < -0.39 is 0 Å². The largest absolute Gasteiger partial charge is 1.00 e. The third-order valence-electron chi connectivity index (χ3n) is 3.95. The summed E-state index contributed by atoms with van der Waals surface area (Å²) >= 11 is 0. The number of benzene rings is 1. The summed E-state index contributed by atoms with van der Waals surface area (Å²) < 4.78 is 1.03. The van der Waals surface area contributed by atoms with Gasteiger partial charge in [-0.25, -0.2) is 0 Å². The summed E-state index contributed by atoms with van der Waals surface area (Å²) in [6.45, 7) is 2.28. The molecule has 0 aliphatic heterocycles. The van der Waals surface area contributed by atoms with Crippen molar-refractivity contribution < 1.29 is 16.9 Å². The lowest BCUT2D eigenvalue weighted by Gasteiger charge is -2.34. The van der Waals surface area contributed by atoms with Crippen molar-refractivity contribution in [1.29, 1.82) is 0 Å². The Morgan fingerprint density at radius 3 is 1.95 bits per heavy atom. The van der Waals surface area contributed by atoms with Crippen LogP contribution in [0.2, 0.25) is 0 Å². The number of halogens is 1. The fourth-order valence-corrected chi connectivity index (χ4v) is 2.79. The van der Waals surface area contributed by atoms with E-state index >= 15 is 0 Å². The molecule has 1 rings (SSSR count). The normalized spacial score (nSPS) is 12.8. The van der Waals surface area contributed by atoms with Crippen LogP contribution in [0.25, 0.3) is 0 Å². The predicted octanol–water partition coefficient (Wildman–Crippen LogP) is 2.19. The highest BCUT2D eigenvalue weighted by atomic mass is 35.5. The Morgan fingerprint density at radius 2 is 1.40 bits per heavy atom. The summed E-state index contributed by atoms with van der Waals surface area (Å²) in [5.74, 6) is 0. The Labute approximate surface area is 132 Å². The maximum atomic E-state index is 2.31. The lowest BCUT2D eigenvalue weighted by Crippen LogP contribution is -3.00. The van der Waals surface area contributed by atoms with E-state index in [0.29, 0.717) is 6.04 Å². The van der Waals surface area contributed by atoms with Crippen LogP contribution in [0.1, 0.15) is 63.5 Å². The molecule has 1 atom stereocenters. The molecule has 2 heteroatoms. The van der Waals surface area contributed by atoms with Crippen LogP contribution < -0.4 is 12.4 Å². The fraction of sp³-hybridized carbons (Fsp3) is 0.667. The van der Waals surface area contributed by atoms with E-state index in [9.17, 15) is 0 Å². The summed E-state index contributed by atoms with van der Waals surface area (Å²) in [6.07, 6.45) is 9.62. The maximum absolute atomic E-state index is 2.31. The van der Waals surface area contributed by atoms with Gasteiger partial charge in [0.05, 0.1) is 21.1 Å². The SMILES string of the molecule is CCCCCCCCC(c1ccccc1)[N+](C)(C)C.[Cl-]. The first-order valence-corrected chi connectivity index (χ1v) is 7.91. The summed E-state index contributed by atoms with van der Waals surface area (Å²) in [5, 5.41) is 0. The molecule has 0 bridgehead atoms. The van der Waals surface area contributed by atoms with Gasteiger partial charge >= 0.3 is 0 Å². The molecule has 0 fully saturated rings. The zero-order chi connectivity index (χ0) is 14.1. The van der Waals surface area contributed by atoms with Crippen molar-refractivity contribution in [2.45, 2.75) is 57.9 Å². The first-order chi connectivity index (χ1) is 9.05. The zero-order valence-electron chi connectivity index (χ0n) is 13.7. The third-order valence-corrected chi connectivity index (χ3v) is 3.95. The molecular weight excluding hydrogens is 266 g/mol. The number of hydrogen-bond donors (Lipinski definition) is 0. The number of unbranched alkanes of at least 4 members (excludes halogenated alkanes) is 5. The molecule has 20 heavy (non-hydrogen) atoms. The Morgan fingerprint density at radius 1 is 0.850 bits per heavy atom. The van der Waals surface area contributed by atoms with E-state index in [1.165, 1.54) is 50.5 Å². The van der Waals surface area contributed by atoms with Crippen molar-refractivity contribution in [3.63, 3.8) is 0 Å². The van der Waals surface area contributed by atoms with Crippen LogP contribution in [-0.4, -0.2) is 25.6 Å². The Bertz CT molecular complexity index is 329. The van der Waals surface area contributed by atoms with Gasteiger partial charge < -0.3 is 16.9 Å². The first kappa shape index (κ1) is 19.5. The van der Waals surface area contributed by atoms with Crippen LogP contribution in [0.4, 0.5) is 0 Å². The van der Waals surface area contributed by atoms with Gasteiger partial charge in [0, 0.05) is 12.0 Å². The molecule has 0 aliphatic rings.